The maximum atomic E-state index is 13.5. The van der Waals surface area contributed by atoms with E-state index in [-0.39, 0.29) is 16.9 Å². The molecular formula is C19H23FN4O2. The zero-order valence-electron chi connectivity index (χ0n) is 15.1. The average Bonchev–Trinajstić information content (AvgIpc) is 2.62. The number of rotatable bonds is 6. The number of nitro groups is 1. The Hall–Kier alpha value is -2.96. The predicted octanol–water partition coefficient (Wildman–Crippen LogP) is 3.38. The first-order chi connectivity index (χ1) is 12.3. The Labute approximate surface area is 152 Å². The number of halogens is 1. The lowest BCUT2D eigenvalue weighted by molar-refractivity contribution is -0.384. The number of guanidine groups is 1. The monoisotopic (exact) mass is 358 g/mol. The van der Waals surface area contributed by atoms with Crippen molar-refractivity contribution in [2.24, 2.45) is 4.99 Å². The molecule has 0 radical (unpaired) electrons. The summed E-state index contributed by atoms with van der Waals surface area (Å²) < 4.78 is 13.5. The Morgan fingerprint density at radius 1 is 1.19 bits per heavy atom. The van der Waals surface area contributed by atoms with E-state index in [0.717, 1.165) is 11.1 Å². The second-order valence-electron chi connectivity index (χ2n) is 6.60. The molecule has 0 aromatic heterocycles. The van der Waals surface area contributed by atoms with E-state index in [4.69, 9.17) is 0 Å². The molecule has 0 bridgehead atoms. The molecule has 138 valence electrons. The summed E-state index contributed by atoms with van der Waals surface area (Å²) in [5, 5.41) is 17.2. The van der Waals surface area contributed by atoms with E-state index in [2.05, 4.69) is 15.6 Å². The third-order valence-electron chi connectivity index (χ3n) is 4.11. The highest BCUT2D eigenvalue weighted by Crippen LogP contribution is 2.22. The van der Waals surface area contributed by atoms with Crippen molar-refractivity contribution >= 4 is 11.6 Å². The van der Waals surface area contributed by atoms with Crippen molar-refractivity contribution in [1.82, 2.24) is 10.6 Å². The largest absolute Gasteiger partial charge is 0.356 e. The number of nitro benzene ring substituents is 1. The minimum atomic E-state index is -0.419. The van der Waals surface area contributed by atoms with Crippen LogP contribution in [0.1, 0.15) is 25.0 Å². The first-order valence-corrected chi connectivity index (χ1v) is 8.26. The molecule has 0 saturated heterocycles. The second kappa shape index (κ2) is 8.42. The number of benzene rings is 2. The maximum Gasteiger partial charge on any atom is 0.269 e. The summed E-state index contributed by atoms with van der Waals surface area (Å²) in [4.78, 5) is 14.6. The number of nitrogens with one attached hydrogen (secondary N) is 2. The van der Waals surface area contributed by atoms with Crippen LogP contribution in [0.4, 0.5) is 10.1 Å². The first kappa shape index (κ1) is 19.4. The lowest BCUT2D eigenvalue weighted by Gasteiger charge is -2.27. The van der Waals surface area contributed by atoms with E-state index in [9.17, 15) is 14.5 Å². The van der Waals surface area contributed by atoms with Crippen LogP contribution in [0, 0.1) is 15.9 Å². The highest BCUT2D eigenvalue weighted by Gasteiger charge is 2.21. The van der Waals surface area contributed by atoms with Gasteiger partial charge in [-0.25, -0.2) is 4.39 Å². The van der Waals surface area contributed by atoms with Crippen LogP contribution in [-0.4, -0.2) is 24.5 Å². The van der Waals surface area contributed by atoms with E-state index in [1.807, 2.05) is 26.0 Å². The number of hydrogen-bond donors (Lipinski definition) is 2. The summed E-state index contributed by atoms with van der Waals surface area (Å²) in [6.45, 7) is 4.98. The lowest BCUT2D eigenvalue weighted by Crippen LogP contribution is -2.43. The van der Waals surface area contributed by atoms with Gasteiger partial charge < -0.3 is 10.6 Å². The van der Waals surface area contributed by atoms with Crippen LogP contribution in [0.15, 0.2) is 53.5 Å². The number of hydrogen-bond acceptors (Lipinski definition) is 3. The molecule has 7 heteroatoms. The van der Waals surface area contributed by atoms with E-state index < -0.39 is 4.92 Å². The molecule has 0 fully saturated rings. The van der Waals surface area contributed by atoms with Gasteiger partial charge in [-0.05, 0) is 23.3 Å². The van der Waals surface area contributed by atoms with Crippen LogP contribution in [0.25, 0.3) is 0 Å². The van der Waals surface area contributed by atoms with Crippen LogP contribution in [0.3, 0.4) is 0 Å². The van der Waals surface area contributed by atoms with E-state index >= 15 is 0 Å². The van der Waals surface area contributed by atoms with Gasteiger partial charge in [0, 0.05) is 37.7 Å². The summed E-state index contributed by atoms with van der Waals surface area (Å²) >= 11 is 0. The Balaban J connectivity index is 1.95. The van der Waals surface area contributed by atoms with E-state index in [1.54, 1.807) is 19.2 Å². The quantitative estimate of drug-likeness (QED) is 0.359. The molecule has 2 aromatic carbocycles. The van der Waals surface area contributed by atoms with Gasteiger partial charge in [-0.2, -0.15) is 0 Å². The topological polar surface area (TPSA) is 79.6 Å². The molecule has 0 aliphatic rings. The SMILES string of the molecule is CN=C(NCc1cccc([N+](=O)[O-])c1)NCC(C)(C)c1cccc(F)c1. The lowest BCUT2D eigenvalue weighted by atomic mass is 9.84. The second-order valence-corrected chi connectivity index (χ2v) is 6.60. The van der Waals surface area contributed by atoms with Crippen molar-refractivity contribution in [1.29, 1.82) is 0 Å². The molecule has 2 N–H and O–H groups in total. The first-order valence-electron chi connectivity index (χ1n) is 8.26. The molecule has 0 atom stereocenters. The highest BCUT2D eigenvalue weighted by atomic mass is 19.1. The van der Waals surface area contributed by atoms with Crippen LogP contribution in [-0.2, 0) is 12.0 Å². The van der Waals surface area contributed by atoms with Crippen molar-refractivity contribution in [3.8, 4) is 0 Å². The van der Waals surface area contributed by atoms with Gasteiger partial charge in [0.05, 0.1) is 4.92 Å². The summed E-state index contributed by atoms with van der Waals surface area (Å²) in [5.74, 6) is 0.310. The highest BCUT2D eigenvalue weighted by molar-refractivity contribution is 5.79. The Morgan fingerprint density at radius 2 is 1.92 bits per heavy atom. The maximum absolute atomic E-state index is 13.5. The molecule has 2 rings (SSSR count). The third kappa shape index (κ3) is 5.27. The molecule has 0 heterocycles. The molecule has 0 amide bonds. The fraction of sp³-hybridized carbons (Fsp3) is 0.316. The molecule has 2 aromatic rings. The molecule has 0 aliphatic carbocycles. The zero-order valence-corrected chi connectivity index (χ0v) is 15.1. The Kier molecular flexibility index (Phi) is 6.27. The molecule has 0 spiro atoms. The molecule has 0 saturated carbocycles. The van der Waals surface area contributed by atoms with Crippen LogP contribution in [0.2, 0.25) is 0 Å². The van der Waals surface area contributed by atoms with Crippen LogP contribution in [0.5, 0.6) is 0 Å². The normalized spacial score (nSPS) is 11.9. The standard InChI is InChI=1S/C19H23FN4O2/c1-19(2,15-7-5-8-16(20)11-15)13-23-18(21-3)22-12-14-6-4-9-17(10-14)24(25)26/h4-11H,12-13H2,1-3H3,(H2,21,22,23). The van der Waals surface area contributed by atoms with Crippen molar-refractivity contribution in [2.75, 3.05) is 13.6 Å². The fourth-order valence-electron chi connectivity index (χ4n) is 2.50. The van der Waals surface area contributed by atoms with E-state index in [1.165, 1.54) is 24.3 Å². The van der Waals surface area contributed by atoms with Gasteiger partial charge in [0.15, 0.2) is 5.96 Å². The van der Waals surface area contributed by atoms with Crippen molar-refractivity contribution < 1.29 is 9.31 Å². The number of non-ortho nitro benzene ring substituents is 1. The van der Waals surface area contributed by atoms with Crippen molar-refractivity contribution in [3.63, 3.8) is 0 Å². The summed E-state index contributed by atoms with van der Waals surface area (Å²) in [6.07, 6.45) is 0. The fourth-order valence-corrected chi connectivity index (χ4v) is 2.50. The van der Waals surface area contributed by atoms with E-state index in [0.29, 0.717) is 19.0 Å². The molecular weight excluding hydrogens is 335 g/mol. The van der Waals surface area contributed by atoms with Gasteiger partial charge in [-0.3, -0.25) is 15.1 Å². The molecule has 0 aliphatic heterocycles. The van der Waals surface area contributed by atoms with Gasteiger partial charge in [0.2, 0.25) is 0 Å². The minimum Gasteiger partial charge on any atom is -0.356 e. The molecule has 0 unspecified atom stereocenters. The molecule has 6 nitrogen and oxygen atoms in total. The van der Waals surface area contributed by atoms with Crippen molar-refractivity contribution in [3.05, 3.63) is 75.6 Å². The summed E-state index contributed by atoms with van der Waals surface area (Å²) in [5.41, 5.74) is 1.43. The summed E-state index contributed by atoms with van der Waals surface area (Å²) in [7, 11) is 1.65. The molecule has 26 heavy (non-hydrogen) atoms. The van der Waals surface area contributed by atoms with Gasteiger partial charge >= 0.3 is 0 Å². The minimum absolute atomic E-state index is 0.0551. The average molecular weight is 358 g/mol. The van der Waals surface area contributed by atoms with Gasteiger partial charge in [-0.1, -0.05) is 38.1 Å². The van der Waals surface area contributed by atoms with Crippen LogP contribution >= 0.6 is 0 Å². The van der Waals surface area contributed by atoms with Gasteiger partial charge in [0.1, 0.15) is 5.82 Å². The number of aliphatic imine (C=N–C) groups is 1. The predicted molar refractivity (Wildman–Crippen MR) is 101 cm³/mol. The smallest absolute Gasteiger partial charge is 0.269 e. The Morgan fingerprint density at radius 3 is 2.58 bits per heavy atom. The summed E-state index contributed by atoms with van der Waals surface area (Å²) in [6, 6.07) is 13.0. The van der Waals surface area contributed by atoms with Crippen LogP contribution < -0.4 is 10.6 Å². The Bertz CT molecular complexity index is 806. The van der Waals surface area contributed by atoms with Crippen molar-refractivity contribution in [2.45, 2.75) is 25.8 Å². The zero-order chi connectivity index (χ0) is 19.2. The van der Waals surface area contributed by atoms with Gasteiger partial charge in [0.25, 0.3) is 5.69 Å². The van der Waals surface area contributed by atoms with Gasteiger partial charge in [-0.15, -0.1) is 0 Å². The third-order valence-corrected chi connectivity index (χ3v) is 4.11. The number of nitrogens with zero attached hydrogens (tertiary/aromatic N) is 2.